The van der Waals surface area contributed by atoms with Gasteiger partial charge >= 0.3 is 0 Å². The Kier molecular flexibility index (Phi) is 7.21. The van der Waals surface area contributed by atoms with Crippen LogP contribution in [0.3, 0.4) is 0 Å². The van der Waals surface area contributed by atoms with Gasteiger partial charge in [-0.1, -0.05) is 77.7 Å². The highest BCUT2D eigenvalue weighted by molar-refractivity contribution is 5.97. The van der Waals surface area contributed by atoms with Gasteiger partial charge in [0.1, 0.15) is 0 Å². The summed E-state index contributed by atoms with van der Waals surface area (Å²) < 4.78 is 0. The lowest BCUT2D eigenvalue weighted by Gasteiger charge is -2.58. The molecule has 0 saturated heterocycles. The number of rotatable bonds is 7. The van der Waals surface area contributed by atoms with E-state index in [9.17, 15) is 0 Å². The fourth-order valence-electron chi connectivity index (χ4n) is 9.33. The van der Waals surface area contributed by atoms with Crippen molar-refractivity contribution in [2.75, 3.05) is 5.43 Å². The molecule has 192 valence electrons. The number of nitrogens with one attached hydrogen (secondary N) is 1. The smallest absolute Gasteiger partial charge is 0.0607 e. The summed E-state index contributed by atoms with van der Waals surface area (Å²) >= 11 is 0. The summed E-state index contributed by atoms with van der Waals surface area (Å²) in [5, 5.41) is 4.80. The Morgan fingerprint density at radius 1 is 0.914 bits per heavy atom. The van der Waals surface area contributed by atoms with Crippen LogP contribution in [0.1, 0.15) is 105 Å². The van der Waals surface area contributed by atoms with Gasteiger partial charge in [0, 0.05) is 0 Å². The molecule has 0 bridgehead atoms. The molecule has 4 aliphatic rings. The molecular formula is C33H50N2. The molecular weight excluding hydrogens is 424 g/mol. The van der Waals surface area contributed by atoms with Crippen LogP contribution in [0.25, 0.3) is 0 Å². The van der Waals surface area contributed by atoms with Crippen molar-refractivity contribution in [1.29, 1.82) is 0 Å². The molecule has 4 aliphatic carbocycles. The van der Waals surface area contributed by atoms with Crippen molar-refractivity contribution in [1.82, 2.24) is 0 Å². The van der Waals surface area contributed by atoms with Crippen LogP contribution in [0.2, 0.25) is 0 Å². The third-order valence-corrected chi connectivity index (χ3v) is 11.3. The van der Waals surface area contributed by atoms with Gasteiger partial charge in [-0.2, -0.15) is 5.10 Å². The third-order valence-electron chi connectivity index (χ3n) is 11.3. The van der Waals surface area contributed by atoms with Crippen molar-refractivity contribution < 1.29 is 0 Å². The minimum Gasteiger partial charge on any atom is -0.278 e. The zero-order chi connectivity index (χ0) is 24.6. The summed E-state index contributed by atoms with van der Waals surface area (Å²) in [4.78, 5) is 0. The average molecular weight is 475 g/mol. The van der Waals surface area contributed by atoms with E-state index in [1.54, 1.807) is 5.57 Å². The van der Waals surface area contributed by atoms with Crippen molar-refractivity contribution in [3.05, 3.63) is 42.0 Å². The molecule has 1 N–H and O–H groups in total. The molecule has 0 spiro atoms. The van der Waals surface area contributed by atoms with Gasteiger partial charge in [0.15, 0.2) is 0 Å². The predicted molar refractivity (Wildman–Crippen MR) is 151 cm³/mol. The van der Waals surface area contributed by atoms with Gasteiger partial charge in [-0.25, -0.2) is 0 Å². The lowest BCUT2D eigenvalue weighted by molar-refractivity contribution is -0.0573. The molecule has 2 heteroatoms. The Labute approximate surface area is 215 Å². The quantitative estimate of drug-likeness (QED) is 0.391. The molecule has 0 radical (unpaired) electrons. The van der Waals surface area contributed by atoms with E-state index in [4.69, 9.17) is 5.10 Å². The van der Waals surface area contributed by atoms with Gasteiger partial charge in [-0.05, 0) is 116 Å². The number of allylic oxidation sites excluding steroid dienone is 2. The van der Waals surface area contributed by atoms with Crippen LogP contribution in [0.5, 0.6) is 0 Å². The molecule has 0 aliphatic heterocycles. The van der Waals surface area contributed by atoms with E-state index in [0.29, 0.717) is 10.8 Å². The van der Waals surface area contributed by atoms with Crippen LogP contribution in [-0.4, -0.2) is 5.71 Å². The van der Waals surface area contributed by atoms with Crippen molar-refractivity contribution in [3.8, 4) is 0 Å². The molecule has 3 fully saturated rings. The van der Waals surface area contributed by atoms with Crippen molar-refractivity contribution >= 4 is 11.4 Å². The second kappa shape index (κ2) is 10.1. The minimum absolute atomic E-state index is 0.400. The summed E-state index contributed by atoms with van der Waals surface area (Å²) in [6.45, 7) is 12.7. The fourth-order valence-corrected chi connectivity index (χ4v) is 9.33. The molecule has 1 aromatic rings. The van der Waals surface area contributed by atoms with Gasteiger partial charge in [0.05, 0.1) is 11.4 Å². The normalized spacial score (nSPS) is 38.5. The highest BCUT2D eigenvalue weighted by Crippen LogP contribution is 2.67. The monoisotopic (exact) mass is 474 g/mol. The first-order chi connectivity index (χ1) is 16.8. The van der Waals surface area contributed by atoms with Crippen molar-refractivity contribution in [2.45, 2.75) is 105 Å². The van der Waals surface area contributed by atoms with Gasteiger partial charge in [-0.15, -0.1) is 0 Å². The zero-order valence-electron chi connectivity index (χ0n) is 23.2. The number of nitrogens with zero attached hydrogens (tertiary/aromatic N) is 1. The number of hydrazone groups is 1. The molecule has 5 rings (SSSR count). The molecule has 0 amide bonds. The number of hydrogen-bond acceptors (Lipinski definition) is 2. The lowest BCUT2D eigenvalue weighted by Crippen LogP contribution is -2.51. The van der Waals surface area contributed by atoms with E-state index in [-0.39, 0.29) is 0 Å². The van der Waals surface area contributed by atoms with Crippen LogP contribution in [0.15, 0.2) is 47.1 Å². The first kappa shape index (κ1) is 25.1. The first-order valence-corrected chi connectivity index (χ1v) is 14.9. The number of hydrogen-bond donors (Lipinski definition) is 1. The Balaban J connectivity index is 1.28. The van der Waals surface area contributed by atoms with Gasteiger partial charge in [-0.3, -0.25) is 5.43 Å². The molecule has 0 heterocycles. The minimum atomic E-state index is 0.400. The molecule has 3 saturated carbocycles. The van der Waals surface area contributed by atoms with Crippen LogP contribution >= 0.6 is 0 Å². The Hall–Kier alpha value is -1.57. The van der Waals surface area contributed by atoms with E-state index in [1.165, 1.54) is 69.9 Å². The number of anilines is 1. The second-order valence-corrected chi connectivity index (χ2v) is 13.6. The Morgan fingerprint density at radius 3 is 2.49 bits per heavy atom. The highest BCUT2D eigenvalue weighted by Gasteiger charge is 2.59. The standard InChI is InChI=1S/C33H50N2/c1-23(2)10-9-11-24(3)29-16-17-30-28-15-14-25-22-27(35-34-26-12-7-6-8-13-26)18-20-32(25,4)31(28)19-21-33(29,30)5/h6-8,12-13,22-24,28-31,34H,9-11,14-21H2,1-5H3. The molecule has 1 aromatic carbocycles. The van der Waals surface area contributed by atoms with Crippen molar-refractivity contribution in [2.24, 2.45) is 51.4 Å². The molecule has 2 nitrogen and oxygen atoms in total. The maximum atomic E-state index is 4.80. The van der Waals surface area contributed by atoms with Crippen LogP contribution in [-0.2, 0) is 0 Å². The van der Waals surface area contributed by atoms with Crippen LogP contribution in [0.4, 0.5) is 5.69 Å². The summed E-state index contributed by atoms with van der Waals surface area (Å²) in [7, 11) is 0. The average Bonchev–Trinajstić information content (AvgIpc) is 3.20. The van der Waals surface area contributed by atoms with Crippen molar-refractivity contribution in [3.63, 3.8) is 0 Å². The Morgan fingerprint density at radius 2 is 1.71 bits per heavy atom. The van der Waals surface area contributed by atoms with Gasteiger partial charge in [0.25, 0.3) is 0 Å². The van der Waals surface area contributed by atoms with E-state index in [0.717, 1.165) is 47.6 Å². The number of para-hydroxylation sites is 1. The summed E-state index contributed by atoms with van der Waals surface area (Å²) in [6, 6.07) is 10.4. The van der Waals surface area contributed by atoms with E-state index >= 15 is 0 Å². The van der Waals surface area contributed by atoms with Gasteiger partial charge < -0.3 is 0 Å². The second-order valence-electron chi connectivity index (χ2n) is 13.6. The zero-order valence-corrected chi connectivity index (χ0v) is 23.2. The third kappa shape index (κ3) is 4.76. The Bertz CT molecular complexity index is 930. The first-order valence-electron chi connectivity index (χ1n) is 14.9. The molecule has 7 atom stereocenters. The molecule has 0 aromatic heterocycles. The summed E-state index contributed by atoms with van der Waals surface area (Å²) in [6.07, 6.45) is 17.8. The topological polar surface area (TPSA) is 24.4 Å². The fraction of sp³-hybridized carbons (Fsp3) is 0.727. The molecule has 7 unspecified atom stereocenters. The van der Waals surface area contributed by atoms with E-state index < -0.39 is 0 Å². The number of benzene rings is 1. The largest absolute Gasteiger partial charge is 0.278 e. The van der Waals surface area contributed by atoms with E-state index in [1.807, 2.05) is 0 Å². The summed E-state index contributed by atoms with van der Waals surface area (Å²) in [5.74, 6) is 5.51. The maximum absolute atomic E-state index is 4.80. The lowest BCUT2D eigenvalue weighted by atomic mass is 9.46. The maximum Gasteiger partial charge on any atom is 0.0607 e. The van der Waals surface area contributed by atoms with E-state index in [2.05, 4.69) is 76.5 Å². The number of fused-ring (bicyclic) bond motifs is 5. The SMILES string of the molecule is CC(C)CCCC(C)C1CCC2C3CCC4=CC(=NNc5ccccc5)CCC4(C)C3CCC12C. The predicted octanol–water partition coefficient (Wildman–Crippen LogP) is 9.50. The summed E-state index contributed by atoms with van der Waals surface area (Å²) in [5.41, 5.74) is 8.32. The molecule has 35 heavy (non-hydrogen) atoms. The van der Waals surface area contributed by atoms with Crippen LogP contribution in [0, 0.1) is 46.3 Å². The van der Waals surface area contributed by atoms with Crippen LogP contribution < -0.4 is 5.43 Å². The highest BCUT2D eigenvalue weighted by atomic mass is 15.3. The van der Waals surface area contributed by atoms with Gasteiger partial charge in [0.2, 0.25) is 0 Å².